The highest BCUT2D eigenvalue weighted by atomic mass is 16.5. The summed E-state index contributed by atoms with van der Waals surface area (Å²) in [6, 6.07) is 14.5. The highest BCUT2D eigenvalue weighted by molar-refractivity contribution is 5.97. The Balaban J connectivity index is 1.59. The van der Waals surface area contributed by atoms with Crippen molar-refractivity contribution in [2.45, 2.75) is 38.6 Å². The summed E-state index contributed by atoms with van der Waals surface area (Å²) in [7, 11) is 1.61. The Hall–Kier alpha value is -3.35. The molecule has 2 aromatic carbocycles. The van der Waals surface area contributed by atoms with Crippen LogP contribution in [0.5, 0.6) is 5.75 Å². The number of rotatable bonds is 9. The van der Waals surface area contributed by atoms with Crippen molar-refractivity contribution in [2.75, 3.05) is 12.4 Å². The number of carbonyl (C=O) groups excluding carboxylic acids is 2. The monoisotopic (exact) mass is 394 g/mol. The number of nitrogens with one attached hydrogen (secondary N) is 3. The first-order valence-corrected chi connectivity index (χ1v) is 9.77. The zero-order chi connectivity index (χ0) is 20.6. The van der Waals surface area contributed by atoms with E-state index in [1.54, 1.807) is 7.11 Å². The van der Waals surface area contributed by atoms with Crippen LogP contribution in [0.25, 0.3) is 11.0 Å². The first kappa shape index (κ1) is 20.4. The Kier molecular flexibility index (Phi) is 6.84. The van der Waals surface area contributed by atoms with Gasteiger partial charge >= 0.3 is 0 Å². The number of nitrogens with zero attached hydrogens (tertiary/aromatic N) is 1. The van der Waals surface area contributed by atoms with Crippen molar-refractivity contribution in [3.8, 4) is 5.75 Å². The number of carbonyl (C=O) groups is 2. The van der Waals surface area contributed by atoms with Crippen molar-refractivity contribution >= 4 is 28.8 Å². The molecule has 1 aromatic heterocycles. The van der Waals surface area contributed by atoms with E-state index in [2.05, 4.69) is 20.6 Å². The van der Waals surface area contributed by atoms with E-state index < -0.39 is 6.04 Å². The minimum absolute atomic E-state index is 0.172. The third-order valence-electron chi connectivity index (χ3n) is 4.67. The van der Waals surface area contributed by atoms with Gasteiger partial charge in [-0.15, -0.1) is 0 Å². The van der Waals surface area contributed by atoms with Crippen LogP contribution in [-0.4, -0.2) is 34.9 Å². The second-order valence-corrected chi connectivity index (χ2v) is 6.81. The van der Waals surface area contributed by atoms with Gasteiger partial charge in [-0.2, -0.15) is 0 Å². The van der Waals surface area contributed by atoms with Gasteiger partial charge in [0.15, 0.2) is 0 Å². The molecule has 1 unspecified atom stereocenters. The molecule has 1 atom stereocenters. The maximum atomic E-state index is 12.7. The standard InChI is InChI=1S/C22H26N4O3/c1-3-8-18(21(28)26-22-24-16-10-5-6-11-17(16)25-22)23-20(27)14-13-15-9-4-7-12-19(15)29-2/h4-7,9-12,18H,3,8,13-14H2,1-2H3,(H,23,27)(H2,24,25,26,28). The van der Waals surface area contributed by atoms with Crippen LogP contribution in [0.15, 0.2) is 48.5 Å². The first-order valence-electron chi connectivity index (χ1n) is 9.77. The van der Waals surface area contributed by atoms with Crippen LogP contribution in [-0.2, 0) is 16.0 Å². The maximum Gasteiger partial charge on any atom is 0.249 e. The van der Waals surface area contributed by atoms with Gasteiger partial charge in [0.25, 0.3) is 0 Å². The van der Waals surface area contributed by atoms with Gasteiger partial charge in [-0.1, -0.05) is 43.7 Å². The van der Waals surface area contributed by atoms with Crippen LogP contribution in [0.4, 0.5) is 5.95 Å². The van der Waals surface area contributed by atoms with Crippen molar-refractivity contribution in [3.05, 3.63) is 54.1 Å². The normalized spacial score (nSPS) is 11.8. The lowest BCUT2D eigenvalue weighted by atomic mass is 10.1. The number of benzene rings is 2. The number of H-pyrrole nitrogens is 1. The van der Waals surface area contributed by atoms with E-state index >= 15 is 0 Å². The van der Waals surface area contributed by atoms with Crippen LogP contribution in [0.1, 0.15) is 31.7 Å². The molecule has 0 spiro atoms. The minimum atomic E-state index is -0.613. The molecule has 0 saturated carbocycles. The molecule has 3 rings (SSSR count). The second kappa shape index (κ2) is 9.73. The van der Waals surface area contributed by atoms with Gasteiger partial charge in [-0.25, -0.2) is 4.98 Å². The smallest absolute Gasteiger partial charge is 0.249 e. The Labute approximate surface area is 169 Å². The lowest BCUT2D eigenvalue weighted by molar-refractivity contribution is -0.126. The zero-order valence-electron chi connectivity index (χ0n) is 16.7. The Morgan fingerprint density at radius 1 is 1.14 bits per heavy atom. The van der Waals surface area contributed by atoms with Crippen LogP contribution >= 0.6 is 0 Å². The largest absolute Gasteiger partial charge is 0.496 e. The molecular formula is C22H26N4O3. The number of para-hydroxylation sites is 3. The van der Waals surface area contributed by atoms with E-state index in [9.17, 15) is 9.59 Å². The van der Waals surface area contributed by atoms with Gasteiger partial charge in [-0.3, -0.25) is 14.9 Å². The summed E-state index contributed by atoms with van der Waals surface area (Å²) in [5.41, 5.74) is 2.58. The van der Waals surface area contributed by atoms with Crippen LogP contribution < -0.4 is 15.4 Å². The van der Waals surface area contributed by atoms with Crippen LogP contribution in [0.3, 0.4) is 0 Å². The lowest BCUT2D eigenvalue weighted by Gasteiger charge is -2.17. The fourth-order valence-corrected chi connectivity index (χ4v) is 3.20. The van der Waals surface area contributed by atoms with Crippen LogP contribution in [0, 0.1) is 0 Å². The molecule has 2 amide bonds. The summed E-state index contributed by atoms with van der Waals surface area (Å²) in [6.45, 7) is 1.97. The van der Waals surface area contributed by atoms with E-state index in [0.29, 0.717) is 18.8 Å². The number of amides is 2. The summed E-state index contributed by atoms with van der Waals surface area (Å²) in [5, 5.41) is 5.62. The molecule has 7 heteroatoms. The van der Waals surface area contributed by atoms with Crippen LogP contribution in [0.2, 0.25) is 0 Å². The third-order valence-corrected chi connectivity index (χ3v) is 4.67. The van der Waals surface area contributed by atoms with Crippen molar-refractivity contribution in [1.82, 2.24) is 15.3 Å². The fraction of sp³-hybridized carbons (Fsp3) is 0.318. The molecule has 0 aliphatic rings. The average Bonchev–Trinajstić information content (AvgIpc) is 3.14. The van der Waals surface area contributed by atoms with Gasteiger partial charge < -0.3 is 15.0 Å². The molecule has 0 fully saturated rings. The van der Waals surface area contributed by atoms with E-state index in [1.165, 1.54) is 0 Å². The van der Waals surface area contributed by atoms with Gasteiger partial charge in [0.1, 0.15) is 11.8 Å². The van der Waals surface area contributed by atoms with Crippen molar-refractivity contribution in [2.24, 2.45) is 0 Å². The Morgan fingerprint density at radius 2 is 1.90 bits per heavy atom. The average molecular weight is 394 g/mol. The van der Waals surface area contributed by atoms with E-state index in [1.807, 2.05) is 55.5 Å². The number of anilines is 1. The summed E-state index contributed by atoms with van der Waals surface area (Å²) in [6.07, 6.45) is 2.13. The zero-order valence-corrected chi connectivity index (χ0v) is 16.7. The molecule has 0 radical (unpaired) electrons. The molecule has 3 aromatic rings. The predicted octanol–water partition coefficient (Wildman–Crippen LogP) is 3.43. The van der Waals surface area contributed by atoms with E-state index in [0.717, 1.165) is 28.8 Å². The third kappa shape index (κ3) is 5.34. The molecule has 7 nitrogen and oxygen atoms in total. The quantitative estimate of drug-likeness (QED) is 0.518. The van der Waals surface area contributed by atoms with E-state index in [-0.39, 0.29) is 18.2 Å². The fourth-order valence-electron chi connectivity index (χ4n) is 3.20. The number of aromatic nitrogens is 2. The van der Waals surface area contributed by atoms with Gasteiger partial charge in [0.05, 0.1) is 18.1 Å². The first-order chi connectivity index (χ1) is 14.1. The molecule has 0 saturated heterocycles. The number of ether oxygens (including phenoxy) is 1. The van der Waals surface area contributed by atoms with Crippen molar-refractivity contribution in [3.63, 3.8) is 0 Å². The number of methoxy groups -OCH3 is 1. The number of imidazole rings is 1. The molecule has 0 bridgehead atoms. The molecule has 152 valence electrons. The molecule has 1 heterocycles. The Bertz CT molecular complexity index is 950. The van der Waals surface area contributed by atoms with Gasteiger partial charge in [0, 0.05) is 6.42 Å². The topological polar surface area (TPSA) is 96.1 Å². The van der Waals surface area contributed by atoms with Crippen molar-refractivity contribution in [1.29, 1.82) is 0 Å². The highest BCUT2D eigenvalue weighted by Crippen LogP contribution is 2.19. The molecule has 3 N–H and O–H groups in total. The molecular weight excluding hydrogens is 368 g/mol. The number of aryl methyl sites for hydroxylation is 1. The minimum Gasteiger partial charge on any atom is -0.496 e. The maximum absolute atomic E-state index is 12.7. The number of hydrogen-bond donors (Lipinski definition) is 3. The number of hydrogen-bond acceptors (Lipinski definition) is 4. The number of aromatic amines is 1. The van der Waals surface area contributed by atoms with E-state index in [4.69, 9.17) is 4.74 Å². The molecule has 29 heavy (non-hydrogen) atoms. The lowest BCUT2D eigenvalue weighted by Crippen LogP contribution is -2.44. The summed E-state index contributed by atoms with van der Waals surface area (Å²) in [5.74, 6) is 0.680. The Morgan fingerprint density at radius 3 is 2.66 bits per heavy atom. The second-order valence-electron chi connectivity index (χ2n) is 6.81. The molecule has 0 aliphatic carbocycles. The predicted molar refractivity (Wildman–Crippen MR) is 113 cm³/mol. The molecule has 0 aliphatic heterocycles. The van der Waals surface area contributed by atoms with Gasteiger partial charge in [-0.05, 0) is 36.6 Å². The van der Waals surface area contributed by atoms with Gasteiger partial charge in [0.2, 0.25) is 17.8 Å². The summed E-state index contributed by atoms with van der Waals surface area (Å²) < 4.78 is 5.32. The SMILES string of the molecule is CCCC(NC(=O)CCc1ccccc1OC)C(=O)Nc1nc2ccccc2[nH]1. The summed E-state index contributed by atoms with van der Waals surface area (Å²) in [4.78, 5) is 32.5. The number of fused-ring (bicyclic) bond motifs is 1. The van der Waals surface area contributed by atoms with Crippen molar-refractivity contribution < 1.29 is 14.3 Å². The summed E-state index contributed by atoms with van der Waals surface area (Å²) >= 11 is 0. The highest BCUT2D eigenvalue weighted by Gasteiger charge is 2.21.